The zero-order valence-corrected chi connectivity index (χ0v) is 21.6. The number of oxime groups is 1. The van der Waals surface area contributed by atoms with Gasteiger partial charge in [-0.1, -0.05) is 30.8 Å². The highest BCUT2D eigenvalue weighted by Gasteiger charge is 2.53. The highest BCUT2D eigenvalue weighted by Crippen LogP contribution is 2.36. The third kappa shape index (κ3) is 10.8. The molecule has 0 aromatic carbocycles. The quantitative estimate of drug-likeness (QED) is 0.102. The molecule has 6 atom stereocenters. The summed E-state index contributed by atoms with van der Waals surface area (Å²) in [5.74, 6) is -3.47. The van der Waals surface area contributed by atoms with Crippen LogP contribution in [0.2, 0.25) is 0 Å². The third-order valence-electron chi connectivity index (χ3n) is 4.44. The molecule has 1 rings (SSSR count). The minimum atomic E-state index is -4.92. The van der Waals surface area contributed by atoms with Gasteiger partial charge in [-0.15, -0.1) is 0 Å². The van der Waals surface area contributed by atoms with Crippen molar-refractivity contribution < 1.29 is 60.1 Å². The Kier molecular flexibility index (Phi) is 11.9. The standard InChI is InChI=1S/C19H29NO13S2/c1-7-9(2)18(20-33-35(25,26)27)34-19-17(31-13(6)24)16(30-12(5)23)15(29-11(4)22)14(32-19)8-28-10(3)21/h9,14-17,19H,7-8H2,1-6H3,(H,25,26,27)/b20-18-/t9-,14-,15-,16+,17-,19+/m1/s1. The molecule has 0 bridgehead atoms. The second-order valence-corrected chi connectivity index (χ2v) is 9.55. The van der Waals surface area contributed by atoms with Crippen LogP contribution in [0.4, 0.5) is 0 Å². The largest absolute Gasteiger partial charge is 0.466 e. The van der Waals surface area contributed by atoms with Gasteiger partial charge in [-0.2, -0.15) is 8.42 Å². The van der Waals surface area contributed by atoms with E-state index in [2.05, 4.69) is 9.44 Å². The van der Waals surface area contributed by atoms with Crippen molar-refractivity contribution in [3.8, 4) is 0 Å². The van der Waals surface area contributed by atoms with E-state index in [4.69, 9.17) is 28.2 Å². The maximum absolute atomic E-state index is 11.9. The van der Waals surface area contributed by atoms with E-state index < -0.39 is 76.7 Å². The highest BCUT2D eigenvalue weighted by atomic mass is 32.3. The van der Waals surface area contributed by atoms with E-state index in [0.29, 0.717) is 6.42 Å². The highest BCUT2D eigenvalue weighted by molar-refractivity contribution is 8.14. The summed E-state index contributed by atoms with van der Waals surface area (Å²) >= 11 is 0.757. The monoisotopic (exact) mass is 543 g/mol. The molecule has 0 amide bonds. The Bertz CT molecular complexity index is 920. The van der Waals surface area contributed by atoms with E-state index in [0.717, 1.165) is 39.5 Å². The number of rotatable bonds is 10. The minimum absolute atomic E-state index is 0.0195. The molecule has 16 heteroatoms. The van der Waals surface area contributed by atoms with Crippen LogP contribution in [-0.4, -0.2) is 78.4 Å². The van der Waals surface area contributed by atoms with E-state index in [1.807, 2.05) is 0 Å². The van der Waals surface area contributed by atoms with Crippen LogP contribution >= 0.6 is 11.8 Å². The number of nitrogens with zero attached hydrogens (tertiary/aromatic N) is 1. The first-order chi connectivity index (χ1) is 16.1. The number of thioether (sulfide) groups is 1. The second-order valence-electron chi connectivity index (χ2n) is 7.43. The van der Waals surface area contributed by atoms with Gasteiger partial charge in [0.1, 0.15) is 23.2 Å². The molecular weight excluding hydrogens is 514 g/mol. The molecule has 0 spiro atoms. The predicted octanol–water partition coefficient (Wildman–Crippen LogP) is 0.982. The van der Waals surface area contributed by atoms with Crippen molar-refractivity contribution in [2.24, 2.45) is 11.1 Å². The summed E-state index contributed by atoms with van der Waals surface area (Å²) in [6.07, 6.45) is -4.84. The van der Waals surface area contributed by atoms with Crippen molar-refractivity contribution >= 4 is 51.1 Å². The van der Waals surface area contributed by atoms with Gasteiger partial charge in [0, 0.05) is 33.6 Å². The van der Waals surface area contributed by atoms with Crippen LogP contribution in [0.1, 0.15) is 48.0 Å². The molecule has 1 fully saturated rings. The van der Waals surface area contributed by atoms with Gasteiger partial charge in [-0.05, 0) is 6.42 Å². The van der Waals surface area contributed by atoms with Gasteiger partial charge in [-0.25, -0.2) is 4.28 Å². The topological polar surface area (TPSA) is 190 Å². The fraction of sp³-hybridized carbons (Fsp3) is 0.737. The summed E-state index contributed by atoms with van der Waals surface area (Å²) in [6, 6.07) is 0. The van der Waals surface area contributed by atoms with Crippen molar-refractivity contribution in [2.45, 2.75) is 77.8 Å². The predicted molar refractivity (Wildman–Crippen MR) is 119 cm³/mol. The van der Waals surface area contributed by atoms with Crippen molar-refractivity contribution in [3.63, 3.8) is 0 Å². The van der Waals surface area contributed by atoms with Gasteiger partial charge in [-0.3, -0.25) is 23.7 Å². The molecule has 35 heavy (non-hydrogen) atoms. The van der Waals surface area contributed by atoms with Crippen molar-refractivity contribution in [2.75, 3.05) is 6.61 Å². The third-order valence-corrected chi connectivity index (χ3v) is 6.03. The molecule has 1 heterocycles. The summed E-state index contributed by atoms with van der Waals surface area (Å²) in [5.41, 5.74) is -1.23. The molecule has 0 aromatic rings. The Hall–Kier alpha value is -2.43. The van der Waals surface area contributed by atoms with E-state index in [1.54, 1.807) is 13.8 Å². The van der Waals surface area contributed by atoms with Crippen LogP contribution in [-0.2, 0) is 57.5 Å². The summed E-state index contributed by atoms with van der Waals surface area (Å²) in [7, 11) is -4.92. The zero-order valence-electron chi connectivity index (χ0n) is 20.0. The van der Waals surface area contributed by atoms with Crippen LogP contribution in [0.5, 0.6) is 0 Å². The van der Waals surface area contributed by atoms with Crippen LogP contribution in [0.15, 0.2) is 5.16 Å². The lowest BCUT2D eigenvalue weighted by molar-refractivity contribution is -0.237. The van der Waals surface area contributed by atoms with Crippen LogP contribution in [0, 0.1) is 5.92 Å². The number of ether oxygens (including phenoxy) is 5. The fourth-order valence-electron chi connectivity index (χ4n) is 2.89. The summed E-state index contributed by atoms with van der Waals surface area (Å²) in [6.45, 7) is 7.42. The lowest BCUT2D eigenvalue weighted by atomic mass is 9.99. The number of hydrogen-bond acceptors (Lipinski definition) is 14. The second kappa shape index (κ2) is 13.6. The van der Waals surface area contributed by atoms with E-state index >= 15 is 0 Å². The Morgan fingerprint density at radius 2 is 1.46 bits per heavy atom. The van der Waals surface area contributed by atoms with Crippen molar-refractivity contribution in [3.05, 3.63) is 0 Å². The van der Waals surface area contributed by atoms with E-state index in [-0.39, 0.29) is 5.04 Å². The van der Waals surface area contributed by atoms with Gasteiger partial charge in [0.2, 0.25) is 0 Å². The molecule has 200 valence electrons. The van der Waals surface area contributed by atoms with E-state index in [1.165, 1.54) is 0 Å². The molecule has 1 aliphatic heterocycles. The SMILES string of the molecule is CC[C@@H](C)/C(=N/OS(=O)(=O)O)S[C@@H]1O[C@H](COC(C)=O)[C@@H](OC(C)=O)[C@H](OC(C)=O)[C@H]1OC(C)=O. The Balaban J connectivity index is 3.52. The Labute approximate surface area is 206 Å². The summed E-state index contributed by atoms with van der Waals surface area (Å²) < 4.78 is 62.0. The average molecular weight is 544 g/mol. The maximum Gasteiger partial charge on any atom is 0.466 e. The number of esters is 4. The molecule has 0 radical (unpaired) electrons. The molecular formula is C19H29NO13S2. The first-order valence-electron chi connectivity index (χ1n) is 10.4. The van der Waals surface area contributed by atoms with Crippen molar-refractivity contribution in [1.29, 1.82) is 0 Å². The molecule has 1 N–H and O–H groups in total. The van der Waals surface area contributed by atoms with Gasteiger partial charge in [0.05, 0.1) is 0 Å². The first kappa shape index (κ1) is 30.6. The first-order valence-corrected chi connectivity index (χ1v) is 12.6. The average Bonchev–Trinajstić information content (AvgIpc) is 2.71. The van der Waals surface area contributed by atoms with Crippen LogP contribution in [0.3, 0.4) is 0 Å². The Morgan fingerprint density at radius 1 is 0.943 bits per heavy atom. The molecule has 1 saturated heterocycles. The number of hydrogen-bond donors (Lipinski definition) is 1. The van der Waals surface area contributed by atoms with Gasteiger partial charge >= 0.3 is 34.3 Å². The van der Waals surface area contributed by atoms with Crippen LogP contribution in [0.25, 0.3) is 0 Å². The van der Waals surface area contributed by atoms with Crippen LogP contribution < -0.4 is 0 Å². The molecule has 0 unspecified atom stereocenters. The van der Waals surface area contributed by atoms with Gasteiger partial charge < -0.3 is 23.7 Å². The molecule has 1 aliphatic rings. The molecule has 0 saturated carbocycles. The van der Waals surface area contributed by atoms with Crippen molar-refractivity contribution in [1.82, 2.24) is 0 Å². The summed E-state index contributed by atoms with van der Waals surface area (Å²) in [5, 5.41) is 3.49. The number of carbonyl (C=O) groups excluding carboxylic acids is 4. The van der Waals surface area contributed by atoms with Gasteiger partial charge in [0.15, 0.2) is 18.3 Å². The van der Waals surface area contributed by atoms with Gasteiger partial charge in [0.25, 0.3) is 0 Å². The summed E-state index contributed by atoms with van der Waals surface area (Å²) in [4.78, 5) is 46.9. The number of carbonyl (C=O) groups is 4. The minimum Gasteiger partial charge on any atom is -0.463 e. The fourth-order valence-corrected chi connectivity index (χ4v) is 4.37. The lowest BCUT2D eigenvalue weighted by Gasteiger charge is -2.44. The normalized spacial score (nSPS) is 25.7. The maximum atomic E-state index is 11.9. The van der Waals surface area contributed by atoms with E-state index in [9.17, 15) is 27.6 Å². The molecule has 0 aliphatic carbocycles. The zero-order chi connectivity index (χ0) is 26.9. The Morgan fingerprint density at radius 3 is 1.91 bits per heavy atom. The lowest BCUT2D eigenvalue weighted by Crippen LogP contribution is -2.61. The molecule has 14 nitrogen and oxygen atoms in total. The smallest absolute Gasteiger partial charge is 0.463 e. The molecule has 0 aromatic heterocycles.